The van der Waals surface area contributed by atoms with E-state index in [9.17, 15) is 0 Å². The Labute approximate surface area is 104 Å². The van der Waals surface area contributed by atoms with Crippen LogP contribution in [0.1, 0.15) is 17.2 Å². The minimum Gasteiger partial charge on any atom is -0.323 e. The van der Waals surface area contributed by atoms with Gasteiger partial charge in [-0.15, -0.1) is 0 Å². The Bertz CT molecular complexity index is 515. The lowest BCUT2D eigenvalue weighted by Crippen LogP contribution is -2.19. The predicted molar refractivity (Wildman–Crippen MR) is 68.8 cm³/mol. The van der Waals surface area contributed by atoms with Gasteiger partial charge in [0.25, 0.3) is 0 Å². The summed E-state index contributed by atoms with van der Waals surface area (Å²) >= 11 is 1.72. The number of aromatic nitrogens is 2. The fourth-order valence-corrected chi connectivity index (χ4v) is 3.32. The van der Waals surface area contributed by atoms with Crippen LogP contribution in [-0.2, 0) is 6.42 Å². The second-order valence-electron chi connectivity index (χ2n) is 4.13. The van der Waals surface area contributed by atoms with Gasteiger partial charge in [0.2, 0.25) is 0 Å². The highest BCUT2D eigenvalue weighted by Crippen LogP contribution is 2.39. The lowest BCUT2D eigenvalue weighted by molar-refractivity contribution is 0.729. The molecular formula is C13H13N3S. The van der Waals surface area contributed by atoms with Crippen molar-refractivity contribution in [1.29, 1.82) is 0 Å². The van der Waals surface area contributed by atoms with Crippen LogP contribution in [0.25, 0.3) is 0 Å². The summed E-state index contributed by atoms with van der Waals surface area (Å²) in [6, 6.07) is 8.50. The van der Waals surface area contributed by atoms with Gasteiger partial charge < -0.3 is 5.73 Å². The molecule has 0 bridgehead atoms. The van der Waals surface area contributed by atoms with Gasteiger partial charge in [-0.1, -0.05) is 36.0 Å². The summed E-state index contributed by atoms with van der Waals surface area (Å²) < 4.78 is 0. The van der Waals surface area contributed by atoms with Gasteiger partial charge in [-0.25, -0.2) is 4.98 Å². The van der Waals surface area contributed by atoms with Crippen molar-refractivity contribution >= 4 is 11.8 Å². The van der Waals surface area contributed by atoms with E-state index in [2.05, 4.69) is 28.2 Å². The van der Waals surface area contributed by atoms with Crippen molar-refractivity contribution in [2.24, 2.45) is 5.73 Å². The monoisotopic (exact) mass is 243 g/mol. The number of thioether (sulfide) groups is 1. The Morgan fingerprint density at radius 1 is 1.24 bits per heavy atom. The summed E-state index contributed by atoms with van der Waals surface area (Å²) in [7, 11) is 0. The Morgan fingerprint density at radius 2 is 2.12 bits per heavy atom. The predicted octanol–water partition coefficient (Wildman–Crippen LogP) is 2.19. The zero-order valence-electron chi connectivity index (χ0n) is 9.28. The first-order chi connectivity index (χ1) is 8.34. The van der Waals surface area contributed by atoms with Gasteiger partial charge in [0.05, 0.1) is 6.20 Å². The molecule has 0 fully saturated rings. The average Bonchev–Trinajstić information content (AvgIpc) is 2.68. The molecular weight excluding hydrogens is 230 g/mol. The molecule has 0 saturated carbocycles. The summed E-state index contributed by atoms with van der Waals surface area (Å²) in [6.07, 6.45) is 6.21. The first kappa shape index (κ1) is 10.7. The number of fused-ring (bicyclic) bond motifs is 1. The highest BCUT2D eigenvalue weighted by Gasteiger charge is 2.30. The largest absolute Gasteiger partial charge is 0.323 e. The molecule has 1 aromatic heterocycles. The molecule has 1 aliphatic rings. The summed E-state index contributed by atoms with van der Waals surface area (Å²) in [6.45, 7) is 0. The molecule has 1 aliphatic carbocycles. The molecule has 86 valence electrons. The molecule has 1 aromatic carbocycles. The first-order valence-corrected chi connectivity index (χ1v) is 6.48. The molecule has 3 nitrogen and oxygen atoms in total. The molecule has 0 saturated heterocycles. The van der Waals surface area contributed by atoms with Crippen molar-refractivity contribution in [3.63, 3.8) is 0 Å². The van der Waals surface area contributed by atoms with Gasteiger partial charge >= 0.3 is 0 Å². The summed E-state index contributed by atoms with van der Waals surface area (Å²) in [5.74, 6) is 0. The summed E-state index contributed by atoms with van der Waals surface area (Å²) in [5.41, 5.74) is 8.90. The van der Waals surface area contributed by atoms with Crippen molar-refractivity contribution in [3.05, 3.63) is 54.0 Å². The molecule has 0 amide bonds. The van der Waals surface area contributed by atoms with Crippen LogP contribution in [0, 0.1) is 0 Å². The van der Waals surface area contributed by atoms with Crippen LogP contribution in [0.15, 0.2) is 47.9 Å². The molecule has 3 rings (SSSR count). The van der Waals surface area contributed by atoms with Gasteiger partial charge in [-0.2, -0.15) is 0 Å². The van der Waals surface area contributed by atoms with Crippen LogP contribution in [0.3, 0.4) is 0 Å². The quantitative estimate of drug-likeness (QED) is 0.878. The van der Waals surface area contributed by atoms with Crippen molar-refractivity contribution in [2.45, 2.75) is 22.7 Å². The molecule has 0 spiro atoms. The first-order valence-electron chi connectivity index (χ1n) is 5.60. The van der Waals surface area contributed by atoms with Crippen LogP contribution in [-0.4, -0.2) is 15.2 Å². The molecule has 0 aliphatic heterocycles. The molecule has 1 heterocycles. The SMILES string of the molecule is NC1c2ccccc2CC1Sc1cnccn1. The van der Waals surface area contributed by atoms with Gasteiger partial charge in [0, 0.05) is 23.7 Å². The van der Waals surface area contributed by atoms with E-state index in [1.165, 1.54) is 11.1 Å². The Hall–Kier alpha value is -1.39. The van der Waals surface area contributed by atoms with Crippen molar-refractivity contribution in [1.82, 2.24) is 9.97 Å². The van der Waals surface area contributed by atoms with Crippen LogP contribution < -0.4 is 5.73 Å². The minimum atomic E-state index is 0.0956. The highest BCUT2D eigenvalue weighted by molar-refractivity contribution is 7.99. The van der Waals surface area contributed by atoms with E-state index in [4.69, 9.17) is 5.73 Å². The summed E-state index contributed by atoms with van der Waals surface area (Å²) in [4.78, 5) is 8.36. The van der Waals surface area contributed by atoms with E-state index in [0.29, 0.717) is 5.25 Å². The Kier molecular flexibility index (Phi) is 2.82. The van der Waals surface area contributed by atoms with E-state index in [0.717, 1.165) is 11.4 Å². The number of hydrogen-bond donors (Lipinski definition) is 1. The van der Waals surface area contributed by atoms with Gasteiger partial charge in [0.1, 0.15) is 5.03 Å². The molecule has 4 heteroatoms. The zero-order chi connectivity index (χ0) is 11.7. The molecule has 0 radical (unpaired) electrons. The number of nitrogens with two attached hydrogens (primary N) is 1. The number of hydrogen-bond acceptors (Lipinski definition) is 4. The van der Waals surface area contributed by atoms with Crippen molar-refractivity contribution < 1.29 is 0 Å². The van der Waals surface area contributed by atoms with Crippen LogP contribution in [0.4, 0.5) is 0 Å². The van der Waals surface area contributed by atoms with Gasteiger partial charge in [-0.3, -0.25) is 4.98 Å². The lowest BCUT2D eigenvalue weighted by atomic mass is 10.1. The van der Waals surface area contributed by atoms with Crippen molar-refractivity contribution in [2.75, 3.05) is 0 Å². The zero-order valence-corrected chi connectivity index (χ0v) is 10.1. The second-order valence-corrected chi connectivity index (χ2v) is 5.39. The van der Waals surface area contributed by atoms with Crippen LogP contribution >= 0.6 is 11.8 Å². The van der Waals surface area contributed by atoms with E-state index < -0.39 is 0 Å². The van der Waals surface area contributed by atoms with E-state index in [1.807, 2.05) is 6.07 Å². The third-order valence-corrected chi connectivity index (χ3v) is 4.26. The lowest BCUT2D eigenvalue weighted by Gasteiger charge is -2.14. The second kappa shape index (κ2) is 4.47. The number of benzene rings is 1. The third-order valence-electron chi connectivity index (χ3n) is 3.05. The maximum Gasteiger partial charge on any atom is 0.115 e. The standard InChI is InChI=1S/C13H13N3S/c14-13-10-4-2-1-3-9(10)7-11(13)17-12-8-15-5-6-16-12/h1-6,8,11,13H,7,14H2. The van der Waals surface area contributed by atoms with E-state index >= 15 is 0 Å². The maximum absolute atomic E-state index is 6.27. The summed E-state index contributed by atoms with van der Waals surface area (Å²) in [5, 5.41) is 1.31. The van der Waals surface area contributed by atoms with Crippen molar-refractivity contribution in [3.8, 4) is 0 Å². The molecule has 2 atom stereocenters. The Balaban J connectivity index is 1.81. The average molecular weight is 243 g/mol. The maximum atomic E-state index is 6.27. The fraction of sp³-hybridized carbons (Fsp3) is 0.231. The highest BCUT2D eigenvalue weighted by atomic mass is 32.2. The van der Waals surface area contributed by atoms with Crippen LogP contribution in [0.2, 0.25) is 0 Å². The molecule has 2 unspecified atom stereocenters. The van der Waals surface area contributed by atoms with Crippen LogP contribution in [0.5, 0.6) is 0 Å². The number of rotatable bonds is 2. The Morgan fingerprint density at radius 3 is 2.88 bits per heavy atom. The smallest absolute Gasteiger partial charge is 0.115 e. The molecule has 2 aromatic rings. The fourth-order valence-electron chi connectivity index (χ4n) is 2.21. The van der Waals surface area contributed by atoms with E-state index in [-0.39, 0.29) is 6.04 Å². The third kappa shape index (κ3) is 2.06. The normalized spacial score (nSPS) is 22.4. The molecule has 2 N–H and O–H groups in total. The van der Waals surface area contributed by atoms with Gasteiger partial charge in [-0.05, 0) is 17.5 Å². The topological polar surface area (TPSA) is 51.8 Å². The number of nitrogens with zero attached hydrogens (tertiary/aromatic N) is 2. The van der Waals surface area contributed by atoms with Gasteiger partial charge in [0.15, 0.2) is 0 Å². The molecule has 17 heavy (non-hydrogen) atoms. The van der Waals surface area contributed by atoms with E-state index in [1.54, 1.807) is 30.4 Å². The minimum absolute atomic E-state index is 0.0956.